The third kappa shape index (κ3) is 8.53. The Morgan fingerprint density at radius 1 is 0.818 bits per heavy atom. The molecule has 0 spiro atoms. The molecule has 0 fully saturated rings. The first-order chi connectivity index (χ1) is 10.7. The van der Waals surface area contributed by atoms with Gasteiger partial charge in [0.25, 0.3) is 0 Å². The second-order valence-corrected chi connectivity index (χ2v) is 4.84. The Morgan fingerprint density at radius 2 is 1.27 bits per heavy atom. The van der Waals surface area contributed by atoms with E-state index in [1.165, 1.54) is 0 Å². The molecule has 0 aliphatic heterocycles. The smallest absolute Gasteiger partial charge is 0.0561 e. The van der Waals surface area contributed by atoms with Crippen molar-refractivity contribution in [1.29, 1.82) is 0 Å². The van der Waals surface area contributed by atoms with Crippen LogP contribution in [0.3, 0.4) is 0 Å². The topological polar surface area (TPSA) is 62.8 Å². The van der Waals surface area contributed by atoms with Gasteiger partial charge in [-0.25, -0.2) is 0 Å². The number of nitrogens with two attached hydrogens (primary N) is 1. The van der Waals surface area contributed by atoms with Gasteiger partial charge in [0, 0.05) is 11.4 Å². The summed E-state index contributed by atoms with van der Waals surface area (Å²) < 4.78 is 0. The number of anilines is 1. The minimum Gasteiger partial charge on any atom is -0.323 e. The van der Waals surface area contributed by atoms with Crippen LogP contribution in [0, 0.1) is 0 Å². The summed E-state index contributed by atoms with van der Waals surface area (Å²) in [6.07, 6.45) is 1.72. The lowest BCUT2D eigenvalue weighted by Crippen LogP contribution is -2.02. The Bertz CT molecular complexity index is 535. The average molecular weight is 296 g/mol. The van der Waals surface area contributed by atoms with E-state index in [9.17, 15) is 0 Å². The molecule has 2 rings (SSSR count). The fourth-order valence-corrected chi connectivity index (χ4v) is 1.54. The van der Waals surface area contributed by atoms with Crippen molar-refractivity contribution in [2.24, 2.45) is 16.0 Å². The Morgan fingerprint density at radius 3 is 1.77 bits per heavy atom. The maximum atomic E-state index is 5.16. The molecule has 4 nitrogen and oxygen atoms in total. The molecule has 0 unspecified atom stereocenters. The fourth-order valence-electron chi connectivity index (χ4n) is 1.54. The number of benzene rings is 2. The molecule has 0 aliphatic rings. The quantitative estimate of drug-likeness (QED) is 0.491. The van der Waals surface area contributed by atoms with Crippen LogP contribution in [0.25, 0.3) is 0 Å². The summed E-state index contributed by atoms with van der Waals surface area (Å²) >= 11 is 0. The molecule has 0 heterocycles. The van der Waals surface area contributed by atoms with Gasteiger partial charge in [-0.1, -0.05) is 54.6 Å². The Balaban J connectivity index is 0.000000335. The normalized spacial score (nSPS) is 11.4. The first kappa shape index (κ1) is 17.4. The summed E-state index contributed by atoms with van der Waals surface area (Å²) in [5.74, 6) is 5.16. The second-order valence-electron chi connectivity index (χ2n) is 4.84. The first-order valence-electron chi connectivity index (χ1n) is 7.30. The van der Waals surface area contributed by atoms with Gasteiger partial charge >= 0.3 is 0 Å². The first-order valence-corrected chi connectivity index (χ1v) is 7.30. The Hall–Kier alpha value is -2.62. The molecular formula is C18H24N4. The molecule has 3 N–H and O–H groups in total. The predicted octanol–water partition coefficient (Wildman–Crippen LogP) is 4.28. The van der Waals surface area contributed by atoms with Crippen LogP contribution in [0.5, 0.6) is 0 Å². The van der Waals surface area contributed by atoms with Crippen molar-refractivity contribution in [1.82, 2.24) is 0 Å². The highest BCUT2D eigenvalue weighted by Gasteiger charge is 1.95. The molecule has 2 aromatic rings. The van der Waals surface area contributed by atoms with Crippen LogP contribution in [0.2, 0.25) is 0 Å². The van der Waals surface area contributed by atoms with Gasteiger partial charge in [0.2, 0.25) is 0 Å². The number of nitrogens with zero attached hydrogens (tertiary/aromatic N) is 2. The van der Waals surface area contributed by atoms with Gasteiger partial charge in [0.05, 0.1) is 5.69 Å². The molecule has 0 atom stereocenters. The SMILES string of the molecule is CC(CCC(C)=NNc1ccccc1)=NN.c1ccccc1. The highest BCUT2D eigenvalue weighted by atomic mass is 15.3. The van der Waals surface area contributed by atoms with Crippen molar-refractivity contribution >= 4 is 17.1 Å². The summed E-state index contributed by atoms with van der Waals surface area (Å²) in [4.78, 5) is 0. The van der Waals surface area contributed by atoms with Gasteiger partial charge in [-0.05, 0) is 38.8 Å². The molecule has 4 heteroatoms. The van der Waals surface area contributed by atoms with E-state index in [1.807, 2.05) is 80.6 Å². The van der Waals surface area contributed by atoms with E-state index in [1.54, 1.807) is 0 Å². The molecule has 0 aromatic heterocycles. The number of para-hydroxylation sites is 1. The van der Waals surface area contributed by atoms with Crippen LogP contribution in [0.15, 0.2) is 76.9 Å². The fraction of sp³-hybridized carbons (Fsp3) is 0.222. The number of hydrogen-bond acceptors (Lipinski definition) is 4. The van der Waals surface area contributed by atoms with Crippen LogP contribution in [-0.4, -0.2) is 11.4 Å². The standard InChI is InChI=1S/C12H18N4.C6H6/c1-10(14-13)8-9-11(2)15-16-12-6-4-3-5-7-12;1-2-4-6-5-3-1/h3-7,16H,8-9,13H2,1-2H3;1-6H. The van der Waals surface area contributed by atoms with Crippen LogP contribution in [-0.2, 0) is 0 Å². The van der Waals surface area contributed by atoms with E-state index in [0.717, 1.165) is 30.0 Å². The number of hydrogen-bond donors (Lipinski definition) is 2. The number of nitrogens with one attached hydrogen (secondary N) is 1. The van der Waals surface area contributed by atoms with Crippen molar-refractivity contribution in [2.75, 3.05) is 5.43 Å². The maximum absolute atomic E-state index is 5.16. The lowest BCUT2D eigenvalue weighted by Gasteiger charge is -2.02. The molecule has 0 bridgehead atoms. The molecule has 0 amide bonds. The van der Waals surface area contributed by atoms with E-state index in [4.69, 9.17) is 5.84 Å². The lowest BCUT2D eigenvalue weighted by atomic mass is 10.2. The molecule has 22 heavy (non-hydrogen) atoms. The van der Waals surface area contributed by atoms with Gasteiger partial charge in [-0.3, -0.25) is 5.43 Å². The van der Waals surface area contributed by atoms with Gasteiger partial charge in [0.15, 0.2) is 0 Å². The monoisotopic (exact) mass is 296 g/mol. The van der Waals surface area contributed by atoms with E-state index >= 15 is 0 Å². The van der Waals surface area contributed by atoms with Gasteiger partial charge < -0.3 is 5.84 Å². The van der Waals surface area contributed by atoms with E-state index in [2.05, 4.69) is 15.6 Å². The summed E-state index contributed by atoms with van der Waals surface area (Å²) in [6.45, 7) is 3.90. The highest BCUT2D eigenvalue weighted by molar-refractivity contribution is 5.89. The zero-order valence-corrected chi connectivity index (χ0v) is 13.2. The number of rotatable bonds is 5. The Labute approximate surface area is 132 Å². The third-order valence-corrected chi connectivity index (χ3v) is 2.89. The molecular weight excluding hydrogens is 272 g/mol. The van der Waals surface area contributed by atoms with Crippen molar-refractivity contribution in [3.05, 3.63) is 66.7 Å². The number of hydrazone groups is 2. The van der Waals surface area contributed by atoms with Crippen LogP contribution < -0.4 is 11.3 Å². The largest absolute Gasteiger partial charge is 0.323 e. The van der Waals surface area contributed by atoms with E-state index in [0.29, 0.717) is 0 Å². The van der Waals surface area contributed by atoms with Crippen LogP contribution >= 0.6 is 0 Å². The summed E-state index contributed by atoms with van der Waals surface area (Å²) in [5.41, 5.74) is 5.97. The average Bonchev–Trinajstić information content (AvgIpc) is 2.60. The lowest BCUT2D eigenvalue weighted by molar-refractivity contribution is 1.08. The summed E-state index contributed by atoms with van der Waals surface area (Å²) in [6, 6.07) is 21.9. The molecule has 0 radical (unpaired) electrons. The Kier molecular flexibility index (Phi) is 8.78. The van der Waals surface area contributed by atoms with Gasteiger partial charge in [-0.15, -0.1) is 0 Å². The molecule has 0 aliphatic carbocycles. The van der Waals surface area contributed by atoms with Gasteiger partial charge in [0.1, 0.15) is 0 Å². The van der Waals surface area contributed by atoms with Crippen LogP contribution in [0.4, 0.5) is 5.69 Å². The summed E-state index contributed by atoms with van der Waals surface area (Å²) in [7, 11) is 0. The van der Waals surface area contributed by atoms with Crippen molar-refractivity contribution in [2.45, 2.75) is 26.7 Å². The maximum Gasteiger partial charge on any atom is 0.0561 e. The van der Waals surface area contributed by atoms with Crippen LogP contribution in [0.1, 0.15) is 26.7 Å². The van der Waals surface area contributed by atoms with Crippen molar-refractivity contribution < 1.29 is 0 Å². The van der Waals surface area contributed by atoms with E-state index in [-0.39, 0.29) is 0 Å². The highest BCUT2D eigenvalue weighted by Crippen LogP contribution is 2.05. The zero-order chi connectivity index (χ0) is 16.0. The third-order valence-electron chi connectivity index (χ3n) is 2.89. The van der Waals surface area contributed by atoms with E-state index < -0.39 is 0 Å². The summed E-state index contributed by atoms with van der Waals surface area (Å²) in [5, 5.41) is 7.89. The molecule has 0 saturated carbocycles. The van der Waals surface area contributed by atoms with Crippen molar-refractivity contribution in [3.8, 4) is 0 Å². The minimum atomic E-state index is 0.850. The van der Waals surface area contributed by atoms with Gasteiger partial charge in [-0.2, -0.15) is 10.2 Å². The molecule has 0 saturated heterocycles. The molecule has 116 valence electrons. The zero-order valence-electron chi connectivity index (χ0n) is 13.2. The van der Waals surface area contributed by atoms with Crippen molar-refractivity contribution in [3.63, 3.8) is 0 Å². The minimum absolute atomic E-state index is 0.850. The second kappa shape index (κ2) is 11.1. The molecule has 2 aromatic carbocycles. The predicted molar refractivity (Wildman–Crippen MR) is 96.1 cm³/mol.